The molecule has 0 aliphatic carbocycles. The lowest BCUT2D eigenvalue weighted by Crippen LogP contribution is -2.43. The average molecular weight is 319 g/mol. The van der Waals surface area contributed by atoms with Gasteiger partial charge in [-0.15, -0.1) is 0 Å². The van der Waals surface area contributed by atoms with E-state index in [0.717, 1.165) is 29.9 Å². The van der Waals surface area contributed by atoms with Crippen LogP contribution in [0.25, 0.3) is 0 Å². The second-order valence-electron chi connectivity index (χ2n) is 5.44. The number of hydrogen-bond acceptors (Lipinski definition) is 5. The van der Waals surface area contributed by atoms with E-state index in [4.69, 9.17) is 0 Å². The van der Waals surface area contributed by atoms with E-state index in [1.54, 1.807) is 0 Å². The molecule has 1 aliphatic heterocycles. The number of nitro groups is 1. The number of benzene rings is 1. The predicted molar refractivity (Wildman–Crippen MR) is 81.0 cm³/mol. The first-order chi connectivity index (χ1) is 10.8. The second kappa shape index (κ2) is 6.55. The van der Waals surface area contributed by atoms with Gasteiger partial charge >= 0.3 is 0 Å². The van der Waals surface area contributed by atoms with Gasteiger partial charge in [-0.05, 0) is 19.4 Å². The Labute approximate surface area is 132 Å². The summed E-state index contributed by atoms with van der Waals surface area (Å²) >= 11 is 0. The first-order valence-electron chi connectivity index (χ1n) is 7.29. The summed E-state index contributed by atoms with van der Waals surface area (Å²) in [6.07, 6.45) is 1.69. The van der Waals surface area contributed by atoms with Crippen molar-refractivity contribution in [1.29, 1.82) is 0 Å². The van der Waals surface area contributed by atoms with Crippen LogP contribution in [0.3, 0.4) is 0 Å². The zero-order chi connectivity index (χ0) is 17.1. The van der Waals surface area contributed by atoms with E-state index in [2.05, 4.69) is 5.32 Å². The number of rotatable bonds is 6. The van der Waals surface area contributed by atoms with Crippen LogP contribution in [0.15, 0.2) is 18.2 Å². The fourth-order valence-corrected chi connectivity index (χ4v) is 2.51. The molecule has 23 heavy (non-hydrogen) atoms. The summed E-state index contributed by atoms with van der Waals surface area (Å²) in [6, 6.07) is 3.42. The zero-order valence-electron chi connectivity index (χ0n) is 12.9. The number of non-ortho nitro benzene ring substituents is 1. The molecule has 0 aromatic heterocycles. The number of carbonyl (C=O) groups excluding carboxylic acids is 3. The fraction of sp³-hybridized carbons (Fsp3) is 0.400. The van der Waals surface area contributed by atoms with Crippen LogP contribution in [0.5, 0.6) is 0 Å². The van der Waals surface area contributed by atoms with Crippen LogP contribution in [-0.2, 0) is 4.79 Å². The molecule has 8 nitrogen and oxygen atoms in total. The molecule has 122 valence electrons. The molecule has 3 amide bonds. The highest BCUT2D eigenvalue weighted by atomic mass is 16.6. The summed E-state index contributed by atoms with van der Waals surface area (Å²) in [6.45, 7) is 3.43. The van der Waals surface area contributed by atoms with Gasteiger partial charge in [-0.2, -0.15) is 0 Å². The summed E-state index contributed by atoms with van der Waals surface area (Å²) in [5.74, 6) is -1.74. The van der Waals surface area contributed by atoms with Gasteiger partial charge in [0.05, 0.1) is 16.1 Å². The number of fused-ring (bicyclic) bond motifs is 1. The van der Waals surface area contributed by atoms with Gasteiger partial charge in [0.1, 0.15) is 6.54 Å². The number of nitrogens with one attached hydrogen (secondary N) is 1. The van der Waals surface area contributed by atoms with Crippen LogP contribution in [-0.4, -0.2) is 40.1 Å². The summed E-state index contributed by atoms with van der Waals surface area (Å²) < 4.78 is 0. The van der Waals surface area contributed by atoms with E-state index >= 15 is 0 Å². The molecule has 1 atom stereocenters. The quantitative estimate of drug-likeness (QED) is 0.485. The first-order valence-corrected chi connectivity index (χ1v) is 7.29. The van der Waals surface area contributed by atoms with Crippen molar-refractivity contribution in [2.75, 3.05) is 6.54 Å². The normalized spacial score (nSPS) is 14.6. The van der Waals surface area contributed by atoms with E-state index in [9.17, 15) is 24.5 Å². The molecule has 0 bridgehead atoms. The number of hydrogen-bond donors (Lipinski definition) is 1. The molecule has 2 rings (SSSR count). The van der Waals surface area contributed by atoms with Crippen molar-refractivity contribution in [3.8, 4) is 0 Å². The maximum absolute atomic E-state index is 12.2. The van der Waals surface area contributed by atoms with Crippen LogP contribution < -0.4 is 5.32 Å². The summed E-state index contributed by atoms with van der Waals surface area (Å²) in [5.41, 5.74) is -0.235. The van der Waals surface area contributed by atoms with Crippen LogP contribution in [0.4, 0.5) is 5.69 Å². The van der Waals surface area contributed by atoms with Crippen molar-refractivity contribution in [3.05, 3.63) is 39.4 Å². The number of imide groups is 1. The van der Waals surface area contributed by atoms with E-state index in [1.165, 1.54) is 6.07 Å². The standard InChI is InChI=1S/C15H17N3O5/c1-3-4-9(2)16-13(19)8-17-14(20)11-6-5-10(18(22)23)7-12(11)15(17)21/h5-7,9H,3-4,8H2,1-2H3,(H,16,19). The molecule has 1 N–H and O–H groups in total. The lowest BCUT2D eigenvalue weighted by atomic mass is 10.1. The van der Waals surface area contributed by atoms with Gasteiger partial charge in [-0.25, -0.2) is 0 Å². The van der Waals surface area contributed by atoms with Crippen molar-refractivity contribution < 1.29 is 19.3 Å². The molecule has 0 radical (unpaired) electrons. The Morgan fingerprint density at radius 2 is 1.96 bits per heavy atom. The Bertz CT molecular complexity index is 686. The Balaban J connectivity index is 2.14. The van der Waals surface area contributed by atoms with Crippen LogP contribution in [0.1, 0.15) is 47.4 Å². The lowest BCUT2D eigenvalue weighted by Gasteiger charge is -2.17. The van der Waals surface area contributed by atoms with E-state index in [1.807, 2.05) is 13.8 Å². The highest BCUT2D eigenvalue weighted by molar-refractivity contribution is 6.22. The van der Waals surface area contributed by atoms with Crippen molar-refractivity contribution in [3.63, 3.8) is 0 Å². The summed E-state index contributed by atoms with van der Waals surface area (Å²) in [4.78, 5) is 47.3. The maximum atomic E-state index is 12.2. The van der Waals surface area contributed by atoms with Crippen LogP contribution >= 0.6 is 0 Å². The van der Waals surface area contributed by atoms with Crippen molar-refractivity contribution in [2.45, 2.75) is 32.7 Å². The van der Waals surface area contributed by atoms with Crippen LogP contribution in [0.2, 0.25) is 0 Å². The minimum atomic E-state index is -0.688. The molecule has 1 heterocycles. The number of carbonyl (C=O) groups is 3. The summed E-state index contributed by atoms with van der Waals surface area (Å²) in [5, 5.41) is 13.5. The van der Waals surface area contributed by atoms with Crippen molar-refractivity contribution in [1.82, 2.24) is 10.2 Å². The van der Waals surface area contributed by atoms with E-state index in [0.29, 0.717) is 0 Å². The van der Waals surface area contributed by atoms with Crippen molar-refractivity contribution in [2.24, 2.45) is 0 Å². The molecular weight excluding hydrogens is 302 g/mol. The Morgan fingerprint density at radius 1 is 1.30 bits per heavy atom. The molecule has 0 saturated carbocycles. The third-order valence-electron chi connectivity index (χ3n) is 3.60. The maximum Gasteiger partial charge on any atom is 0.270 e. The number of nitro benzene ring substituents is 1. The van der Waals surface area contributed by atoms with Gasteiger partial charge in [0.15, 0.2) is 0 Å². The molecule has 0 spiro atoms. The predicted octanol–water partition coefficient (Wildman–Crippen LogP) is 1.50. The van der Waals surface area contributed by atoms with Gasteiger partial charge in [0, 0.05) is 18.2 Å². The summed E-state index contributed by atoms with van der Waals surface area (Å²) in [7, 11) is 0. The molecule has 1 aromatic rings. The minimum Gasteiger partial charge on any atom is -0.352 e. The Morgan fingerprint density at radius 3 is 2.57 bits per heavy atom. The highest BCUT2D eigenvalue weighted by Crippen LogP contribution is 2.26. The SMILES string of the molecule is CCCC(C)NC(=O)CN1C(=O)c2ccc([N+](=O)[O-])cc2C1=O. The largest absolute Gasteiger partial charge is 0.352 e. The van der Waals surface area contributed by atoms with Gasteiger partial charge < -0.3 is 5.32 Å². The molecule has 0 saturated heterocycles. The number of nitrogens with zero attached hydrogens (tertiary/aromatic N) is 2. The lowest BCUT2D eigenvalue weighted by molar-refractivity contribution is -0.384. The topological polar surface area (TPSA) is 110 Å². The Hall–Kier alpha value is -2.77. The average Bonchev–Trinajstić information content (AvgIpc) is 2.72. The highest BCUT2D eigenvalue weighted by Gasteiger charge is 2.37. The monoisotopic (exact) mass is 319 g/mol. The van der Waals surface area contributed by atoms with Gasteiger partial charge in [0.2, 0.25) is 5.91 Å². The van der Waals surface area contributed by atoms with E-state index in [-0.39, 0.29) is 22.9 Å². The second-order valence-corrected chi connectivity index (χ2v) is 5.44. The van der Waals surface area contributed by atoms with E-state index < -0.39 is 29.2 Å². The molecule has 8 heteroatoms. The van der Waals surface area contributed by atoms with Gasteiger partial charge in [-0.3, -0.25) is 29.4 Å². The number of amides is 3. The zero-order valence-corrected chi connectivity index (χ0v) is 12.9. The molecule has 1 aliphatic rings. The van der Waals surface area contributed by atoms with Crippen LogP contribution in [0, 0.1) is 10.1 Å². The molecule has 1 aromatic carbocycles. The smallest absolute Gasteiger partial charge is 0.270 e. The van der Waals surface area contributed by atoms with Gasteiger partial charge in [-0.1, -0.05) is 13.3 Å². The molecule has 0 fully saturated rings. The third kappa shape index (κ3) is 3.36. The Kier molecular flexibility index (Phi) is 4.73. The molecular formula is C15H17N3O5. The van der Waals surface area contributed by atoms with Crippen molar-refractivity contribution >= 4 is 23.4 Å². The molecule has 1 unspecified atom stereocenters. The third-order valence-corrected chi connectivity index (χ3v) is 3.60. The first kappa shape index (κ1) is 16.6. The minimum absolute atomic E-state index is 0.0430. The van der Waals surface area contributed by atoms with Gasteiger partial charge in [0.25, 0.3) is 17.5 Å². The fourth-order valence-electron chi connectivity index (χ4n) is 2.51.